The summed E-state index contributed by atoms with van der Waals surface area (Å²) in [4.78, 5) is 0.795. The summed E-state index contributed by atoms with van der Waals surface area (Å²) in [5, 5.41) is 0. The van der Waals surface area contributed by atoms with Gasteiger partial charge < -0.3 is 5.73 Å². The molecule has 0 saturated carbocycles. The summed E-state index contributed by atoms with van der Waals surface area (Å²) in [6.45, 7) is 0.471. The molecule has 1 aromatic heterocycles. The molecule has 0 bridgehead atoms. The van der Waals surface area contributed by atoms with Gasteiger partial charge in [0, 0.05) is 18.0 Å². The zero-order valence-corrected chi connectivity index (χ0v) is 12.7. The molecule has 6 nitrogen and oxygen atoms in total. The normalized spacial score (nSPS) is 22.7. The molecule has 0 amide bonds. The van der Waals surface area contributed by atoms with Gasteiger partial charge in [-0.2, -0.15) is 0 Å². The third kappa shape index (κ3) is 3.76. The van der Waals surface area contributed by atoms with Crippen LogP contribution in [-0.2, 0) is 26.4 Å². The van der Waals surface area contributed by atoms with E-state index in [1.165, 1.54) is 6.07 Å². The molecule has 1 aromatic rings. The zero-order valence-electron chi connectivity index (χ0n) is 10.2. The van der Waals surface area contributed by atoms with Crippen molar-refractivity contribution in [1.29, 1.82) is 0 Å². The Bertz CT molecular complexity index is 648. The number of rotatable bonds is 5. The Morgan fingerprint density at radius 1 is 1.42 bits per heavy atom. The number of nitrogens with one attached hydrogen (secondary N) is 1. The van der Waals surface area contributed by atoms with Crippen LogP contribution in [0.3, 0.4) is 0 Å². The van der Waals surface area contributed by atoms with E-state index < -0.39 is 19.9 Å². The van der Waals surface area contributed by atoms with Gasteiger partial charge in [-0.3, -0.25) is 0 Å². The molecule has 0 spiro atoms. The Labute approximate surface area is 117 Å². The molecule has 19 heavy (non-hydrogen) atoms. The number of sulfonamides is 1. The Balaban J connectivity index is 1.98. The van der Waals surface area contributed by atoms with Gasteiger partial charge in [0.2, 0.25) is 10.0 Å². The van der Waals surface area contributed by atoms with Crippen LogP contribution in [0.5, 0.6) is 0 Å². The van der Waals surface area contributed by atoms with E-state index in [1.54, 1.807) is 6.07 Å². The first kappa shape index (κ1) is 14.9. The van der Waals surface area contributed by atoms with Crippen molar-refractivity contribution in [2.75, 3.05) is 18.1 Å². The molecule has 1 fully saturated rings. The van der Waals surface area contributed by atoms with E-state index in [0.717, 1.165) is 16.2 Å². The van der Waals surface area contributed by atoms with Crippen molar-refractivity contribution in [3.05, 3.63) is 17.0 Å². The summed E-state index contributed by atoms with van der Waals surface area (Å²) in [5.74, 6) is 0.0812. The molecular weight excluding hydrogens is 308 g/mol. The summed E-state index contributed by atoms with van der Waals surface area (Å²) in [5.41, 5.74) is 5.44. The predicted molar refractivity (Wildman–Crippen MR) is 74.2 cm³/mol. The number of hydrogen-bond acceptors (Lipinski definition) is 6. The fraction of sp³-hybridized carbons (Fsp3) is 0.600. The molecule has 3 N–H and O–H groups in total. The monoisotopic (exact) mass is 324 g/mol. The summed E-state index contributed by atoms with van der Waals surface area (Å²) < 4.78 is 49.2. The highest BCUT2D eigenvalue weighted by atomic mass is 32.2. The van der Waals surface area contributed by atoms with Gasteiger partial charge in [0.15, 0.2) is 9.84 Å². The highest BCUT2D eigenvalue weighted by molar-refractivity contribution is 7.92. The molecule has 0 aromatic carbocycles. The summed E-state index contributed by atoms with van der Waals surface area (Å²) in [7, 11) is -6.53. The van der Waals surface area contributed by atoms with Gasteiger partial charge >= 0.3 is 0 Å². The van der Waals surface area contributed by atoms with Gasteiger partial charge in [-0.15, -0.1) is 11.3 Å². The lowest BCUT2D eigenvalue weighted by Gasteiger charge is -2.09. The summed E-state index contributed by atoms with van der Waals surface area (Å²) >= 11 is 1.13. The van der Waals surface area contributed by atoms with Crippen LogP contribution in [0.1, 0.15) is 11.3 Å². The van der Waals surface area contributed by atoms with Gasteiger partial charge in [-0.25, -0.2) is 21.6 Å². The maximum absolute atomic E-state index is 12.0. The van der Waals surface area contributed by atoms with Crippen LogP contribution in [0.2, 0.25) is 0 Å². The third-order valence-electron chi connectivity index (χ3n) is 2.99. The van der Waals surface area contributed by atoms with Crippen LogP contribution in [0.15, 0.2) is 16.3 Å². The molecule has 1 aliphatic rings. The Hall–Kier alpha value is -0.480. The summed E-state index contributed by atoms with van der Waals surface area (Å²) in [6, 6.07) is 3.19. The van der Waals surface area contributed by atoms with E-state index in [9.17, 15) is 16.8 Å². The summed E-state index contributed by atoms with van der Waals surface area (Å²) in [6.07, 6.45) is 0.517. The smallest absolute Gasteiger partial charge is 0.250 e. The third-order valence-corrected chi connectivity index (χ3v) is 7.85. The van der Waals surface area contributed by atoms with E-state index in [1.807, 2.05) is 0 Å². The lowest BCUT2D eigenvalue weighted by atomic mass is 10.1. The van der Waals surface area contributed by atoms with Crippen LogP contribution >= 0.6 is 11.3 Å². The Morgan fingerprint density at radius 2 is 2.16 bits per heavy atom. The second-order valence-corrected chi connectivity index (χ2v) is 9.94. The number of sulfone groups is 1. The van der Waals surface area contributed by atoms with Crippen LogP contribution in [0.25, 0.3) is 0 Å². The molecule has 108 valence electrons. The lowest BCUT2D eigenvalue weighted by molar-refractivity contribution is 0.544. The predicted octanol–water partition coefficient (Wildman–Crippen LogP) is -0.0802. The number of nitrogens with two attached hydrogens (primary N) is 1. The van der Waals surface area contributed by atoms with Gasteiger partial charge in [0.25, 0.3) is 0 Å². The lowest BCUT2D eigenvalue weighted by Crippen LogP contribution is -2.29. The fourth-order valence-corrected chi connectivity index (χ4v) is 6.20. The topological polar surface area (TPSA) is 106 Å². The minimum atomic E-state index is -3.56. The largest absolute Gasteiger partial charge is 0.326 e. The number of thiophene rings is 1. The number of hydrogen-bond donors (Lipinski definition) is 2. The molecular formula is C10H16N2O4S3. The van der Waals surface area contributed by atoms with Crippen LogP contribution in [0, 0.1) is 5.92 Å². The van der Waals surface area contributed by atoms with E-state index in [4.69, 9.17) is 5.73 Å². The molecule has 0 radical (unpaired) electrons. The van der Waals surface area contributed by atoms with Gasteiger partial charge in [0.1, 0.15) is 4.21 Å². The first-order chi connectivity index (χ1) is 8.82. The van der Waals surface area contributed by atoms with Crippen molar-refractivity contribution in [3.8, 4) is 0 Å². The van der Waals surface area contributed by atoms with Crippen molar-refractivity contribution in [3.63, 3.8) is 0 Å². The first-order valence-corrected chi connectivity index (χ1v) is 9.93. The Kier molecular flexibility index (Phi) is 4.31. The standard InChI is InChI=1S/C10H16N2O4S3/c11-5-9-1-2-10(17-9)19(15,16)12-6-8-3-4-18(13,14)7-8/h1-2,8,12H,3-7,11H2. The quantitative estimate of drug-likeness (QED) is 0.788. The van der Waals surface area contributed by atoms with E-state index >= 15 is 0 Å². The van der Waals surface area contributed by atoms with Gasteiger partial charge in [-0.05, 0) is 24.5 Å². The second-order valence-electron chi connectivity index (χ2n) is 4.55. The molecule has 0 aliphatic carbocycles. The van der Waals surface area contributed by atoms with E-state index in [2.05, 4.69) is 4.72 Å². The maximum atomic E-state index is 12.0. The fourth-order valence-electron chi connectivity index (χ4n) is 1.94. The van der Waals surface area contributed by atoms with Crippen molar-refractivity contribution < 1.29 is 16.8 Å². The van der Waals surface area contributed by atoms with Crippen molar-refractivity contribution in [2.45, 2.75) is 17.2 Å². The van der Waals surface area contributed by atoms with Gasteiger partial charge in [0.05, 0.1) is 11.5 Å². The van der Waals surface area contributed by atoms with E-state index in [-0.39, 0.29) is 28.2 Å². The molecule has 1 atom stereocenters. The molecule has 2 rings (SSSR count). The minimum Gasteiger partial charge on any atom is -0.326 e. The van der Waals surface area contributed by atoms with Gasteiger partial charge in [-0.1, -0.05) is 0 Å². The Morgan fingerprint density at radius 3 is 2.68 bits per heavy atom. The zero-order chi connectivity index (χ0) is 14.1. The molecule has 1 aliphatic heterocycles. The van der Waals surface area contributed by atoms with E-state index in [0.29, 0.717) is 13.0 Å². The van der Waals surface area contributed by atoms with Crippen LogP contribution < -0.4 is 10.5 Å². The SMILES string of the molecule is NCc1ccc(S(=O)(=O)NCC2CCS(=O)(=O)C2)s1. The second kappa shape index (κ2) is 5.49. The van der Waals surface area contributed by atoms with Crippen LogP contribution in [0.4, 0.5) is 0 Å². The van der Waals surface area contributed by atoms with Crippen molar-refractivity contribution in [2.24, 2.45) is 11.7 Å². The highest BCUT2D eigenvalue weighted by Crippen LogP contribution is 2.22. The average molecular weight is 324 g/mol. The van der Waals surface area contributed by atoms with Crippen LogP contribution in [-0.4, -0.2) is 34.9 Å². The van der Waals surface area contributed by atoms with Crippen molar-refractivity contribution in [1.82, 2.24) is 4.72 Å². The highest BCUT2D eigenvalue weighted by Gasteiger charge is 2.29. The molecule has 9 heteroatoms. The average Bonchev–Trinajstić information content (AvgIpc) is 2.93. The minimum absolute atomic E-state index is 0.0635. The molecule has 2 heterocycles. The first-order valence-electron chi connectivity index (χ1n) is 5.81. The van der Waals surface area contributed by atoms with Crippen molar-refractivity contribution >= 4 is 31.2 Å². The molecule has 1 saturated heterocycles. The molecule has 1 unspecified atom stereocenters. The maximum Gasteiger partial charge on any atom is 0.250 e.